The molecule has 1 atom stereocenters. The van der Waals surface area contributed by atoms with Gasteiger partial charge in [-0.25, -0.2) is 9.78 Å². The van der Waals surface area contributed by atoms with Gasteiger partial charge in [0.15, 0.2) is 16.3 Å². The number of carboxylic acid groups (broad SMARTS) is 1. The number of rotatable bonds is 5. The lowest BCUT2D eigenvalue weighted by Gasteiger charge is -2.11. The second kappa shape index (κ2) is 7.00. The number of hydrogen-bond donors (Lipinski definition) is 2. The topological polar surface area (TPSA) is 110 Å². The summed E-state index contributed by atoms with van der Waals surface area (Å²) in [6.07, 6.45) is 0. The average Bonchev–Trinajstić information content (AvgIpc) is 2.93. The molecule has 0 saturated heterocycles. The van der Waals surface area contributed by atoms with E-state index in [0.29, 0.717) is 10.2 Å². The summed E-state index contributed by atoms with van der Waals surface area (Å²) < 4.78 is 2.80. The fraction of sp³-hybridized carbons (Fsp3) is 0.250. The summed E-state index contributed by atoms with van der Waals surface area (Å²) in [6.45, 7) is 1.74. The summed E-state index contributed by atoms with van der Waals surface area (Å²) in [4.78, 5) is 42.1. The van der Waals surface area contributed by atoms with E-state index in [4.69, 9.17) is 11.6 Å². The van der Waals surface area contributed by atoms with Crippen molar-refractivity contribution in [1.29, 1.82) is 0 Å². The Morgan fingerprint density at radius 2 is 2.08 bits per heavy atom. The van der Waals surface area contributed by atoms with Gasteiger partial charge >= 0.3 is 11.7 Å². The van der Waals surface area contributed by atoms with E-state index in [-0.39, 0.29) is 17.7 Å². The number of imidazole rings is 1. The van der Waals surface area contributed by atoms with Gasteiger partial charge in [0.05, 0.1) is 6.54 Å². The normalized spacial score (nSPS) is 12.4. The van der Waals surface area contributed by atoms with Crippen LogP contribution in [-0.4, -0.2) is 35.4 Å². The van der Waals surface area contributed by atoms with E-state index < -0.39 is 22.5 Å². The van der Waals surface area contributed by atoms with Crippen molar-refractivity contribution >= 4 is 40.5 Å². The zero-order chi connectivity index (χ0) is 19.0. The van der Waals surface area contributed by atoms with Gasteiger partial charge in [0, 0.05) is 12.1 Å². The average molecular weight is 395 g/mol. The van der Waals surface area contributed by atoms with E-state index >= 15 is 0 Å². The zero-order valence-corrected chi connectivity index (χ0v) is 15.5. The molecule has 0 unspecified atom stereocenters. The monoisotopic (exact) mass is 394 g/mol. The van der Waals surface area contributed by atoms with Crippen molar-refractivity contribution in [2.45, 2.75) is 23.9 Å². The molecule has 0 saturated carbocycles. The summed E-state index contributed by atoms with van der Waals surface area (Å²) in [6, 6.07) is 7.13. The smallest absolute Gasteiger partial charge is 0.329 e. The van der Waals surface area contributed by atoms with Crippen molar-refractivity contribution in [3.05, 3.63) is 55.7 Å². The van der Waals surface area contributed by atoms with Crippen LogP contribution in [0.15, 0.2) is 39.0 Å². The Morgan fingerprint density at radius 1 is 1.38 bits per heavy atom. The minimum absolute atomic E-state index is 0.186. The molecule has 3 rings (SSSR count). The molecule has 0 fully saturated rings. The second-order valence-corrected chi connectivity index (χ2v) is 7.38. The SMILES string of the molecule is C[C@@H](Sc1nc2c(c(=O)[nH]c(=O)n2C)n1Cc1ccccc1Cl)C(=O)O. The van der Waals surface area contributed by atoms with Crippen molar-refractivity contribution in [3.8, 4) is 0 Å². The summed E-state index contributed by atoms with van der Waals surface area (Å²) in [7, 11) is 1.49. The molecule has 0 bridgehead atoms. The Kier molecular flexibility index (Phi) is 4.92. The number of carboxylic acids is 1. The first-order valence-electron chi connectivity index (χ1n) is 7.62. The third-order valence-electron chi connectivity index (χ3n) is 3.89. The Hall–Kier alpha value is -2.52. The molecule has 0 spiro atoms. The van der Waals surface area contributed by atoms with Crippen LogP contribution in [0.3, 0.4) is 0 Å². The lowest BCUT2D eigenvalue weighted by molar-refractivity contribution is -0.136. The highest BCUT2D eigenvalue weighted by Crippen LogP contribution is 2.27. The number of aliphatic carboxylic acids is 1. The molecule has 3 aromatic rings. The maximum atomic E-state index is 12.4. The van der Waals surface area contributed by atoms with Crippen molar-refractivity contribution in [2.24, 2.45) is 7.05 Å². The highest BCUT2D eigenvalue weighted by Gasteiger charge is 2.22. The van der Waals surface area contributed by atoms with Crippen LogP contribution in [0.25, 0.3) is 11.2 Å². The number of nitrogens with one attached hydrogen (secondary N) is 1. The quantitative estimate of drug-likeness (QED) is 0.637. The molecular weight excluding hydrogens is 380 g/mol. The van der Waals surface area contributed by atoms with Crippen LogP contribution in [0.4, 0.5) is 0 Å². The fourth-order valence-electron chi connectivity index (χ4n) is 2.46. The fourth-order valence-corrected chi connectivity index (χ4v) is 3.49. The van der Waals surface area contributed by atoms with Gasteiger partial charge in [-0.15, -0.1) is 0 Å². The molecule has 0 radical (unpaired) electrons. The van der Waals surface area contributed by atoms with Crippen molar-refractivity contribution < 1.29 is 9.90 Å². The molecular formula is C16H15ClN4O4S. The van der Waals surface area contributed by atoms with Crippen LogP contribution in [-0.2, 0) is 18.4 Å². The van der Waals surface area contributed by atoms with Gasteiger partial charge in [0.1, 0.15) is 5.25 Å². The number of thioether (sulfide) groups is 1. The van der Waals surface area contributed by atoms with Crippen molar-refractivity contribution in [1.82, 2.24) is 19.1 Å². The number of halogens is 1. The lowest BCUT2D eigenvalue weighted by atomic mass is 10.2. The Labute approximate surface area is 156 Å². The number of hydrogen-bond acceptors (Lipinski definition) is 5. The first kappa shape index (κ1) is 18.3. The summed E-state index contributed by atoms with van der Waals surface area (Å²) in [5, 5.41) is 9.24. The molecule has 136 valence electrons. The molecule has 10 heteroatoms. The van der Waals surface area contributed by atoms with Gasteiger partial charge in [0.2, 0.25) is 0 Å². The molecule has 2 N–H and O–H groups in total. The molecule has 8 nitrogen and oxygen atoms in total. The highest BCUT2D eigenvalue weighted by atomic mass is 35.5. The van der Waals surface area contributed by atoms with Gasteiger partial charge < -0.3 is 9.67 Å². The first-order valence-corrected chi connectivity index (χ1v) is 8.87. The molecule has 2 heterocycles. The van der Waals surface area contributed by atoms with Gasteiger partial charge in [-0.2, -0.15) is 0 Å². The maximum absolute atomic E-state index is 12.4. The number of benzene rings is 1. The van der Waals surface area contributed by atoms with Gasteiger partial charge in [-0.1, -0.05) is 41.6 Å². The van der Waals surface area contributed by atoms with Crippen LogP contribution in [0.5, 0.6) is 0 Å². The Balaban J connectivity index is 2.25. The minimum atomic E-state index is -1.01. The van der Waals surface area contributed by atoms with Crippen LogP contribution in [0, 0.1) is 0 Å². The standard InChI is InChI=1S/C16H15ClN4O4S/c1-8(14(23)24)26-16-18-12-11(13(22)19-15(25)20(12)2)21(16)7-9-5-3-4-6-10(9)17/h3-6,8H,7H2,1-2H3,(H,23,24)(H,19,22,25)/t8-/m1/s1. The largest absolute Gasteiger partial charge is 0.480 e. The minimum Gasteiger partial charge on any atom is -0.480 e. The van der Waals surface area contributed by atoms with Crippen LogP contribution in [0.2, 0.25) is 5.02 Å². The Morgan fingerprint density at radius 3 is 2.73 bits per heavy atom. The van der Waals surface area contributed by atoms with E-state index in [1.165, 1.54) is 18.5 Å². The van der Waals surface area contributed by atoms with Gasteiger partial charge in [0.25, 0.3) is 5.56 Å². The van der Waals surface area contributed by atoms with E-state index in [1.54, 1.807) is 22.8 Å². The van der Waals surface area contributed by atoms with E-state index in [2.05, 4.69) is 9.97 Å². The number of aromatic nitrogens is 4. The number of aryl methyl sites for hydroxylation is 1. The second-order valence-electron chi connectivity index (χ2n) is 5.66. The third kappa shape index (κ3) is 3.27. The Bertz CT molecular complexity index is 1120. The van der Waals surface area contributed by atoms with E-state index in [1.807, 2.05) is 6.07 Å². The summed E-state index contributed by atoms with van der Waals surface area (Å²) >= 11 is 7.21. The van der Waals surface area contributed by atoms with E-state index in [0.717, 1.165) is 17.3 Å². The molecule has 0 aliphatic rings. The summed E-state index contributed by atoms with van der Waals surface area (Å²) in [5.41, 5.74) is -0.0604. The van der Waals surface area contributed by atoms with Gasteiger partial charge in [-0.05, 0) is 18.6 Å². The number of carbonyl (C=O) groups is 1. The van der Waals surface area contributed by atoms with Gasteiger partial charge in [-0.3, -0.25) is 19.1 Å². The van der Waals surface area contributed by atoms with Crippen molar-refractivity contribution in [3.63, 3.8) is 0 Å². The van der Waals surface area contributed by atoms with Crippen LogP contribution in [0.1, 0.15) is 12.5 Å². The lowest BCUT2D eigenvalue weighted by Crippen LogP contribution is -2.29. The molecule has 26 heavy (non-hydrogen) atoms. The molecule has 0 aliphatic heterocycles. The van der Waals surface area contributed by atoms with Crippen molar-refractivity contribution in [2.75, 3.05) is 0 Å². The van der Waals surface area contributed by atoms with Crippen LogP contribution < -0.4 is 11.2 Å². The predicted molar refractivity (Wildman–Crippen MR) is 99.1 cm³/mol. The maximum Gasteiger partial charge on any atom is 0.329 e. The van der Waals surface area contributed by atoms with Crippen LogP contribution >= 0.6 is 23.4 Å². The first-order chi connectivity index (χ1) is 12.3. The number of nitrogens with zero attached hydrogens (tertiary/aromatic N) is 3. The molecule has 0 amide bonds. The number of aromatic amines is 1. The summed E-state index contributed by atoms with van der Waals surface area (Å²) in [5.74, 6) is -1.01. The predicted octanol–water partition coefficient (Wildman–Crippen LogP) is 1.69. The zero-order valence-electron chi connectivity index (χ0n) is 13.9. The number of fused-ring (bicyclic) bond motifs is 1. The highest BCUT2D eigenvalue weighted by molar-refractivity contribution is 8.00. The van der Waals surface area contributed by atoms with E-state index in [9.17, 15) is 19.5 Å². The molecule has 1 aromatic carbocycles. The molecule has 0 aliphatic carbocycles. The third-order valence-corrected chi connectivity index (χ3v) is 5.33. The molecule has 2 aromatic heterocycles. The number of H-pyrrole nitrogens is 1.